The fourth-order valence-electron chi connectivity index (χ4n) is 6.20. The average molecular weight is 679 g/mol. The quantitative estimate of drug-likeness (QED) is 0.0488. The topological polar surface area (TPSA) is 35.5 Å². The van der Waals surface area contributed by atoms with Crippen LogP contribution in [-0.2, 0) is 4.79 Å². The van der Waals surface area contributed by atoms with Gasteiger partial charge in [0.15, 0.2) is 29.0 Å². The van der Waals surface area contributed by atoms with E-state index in [-0.39, 0.29) is 6.61 Å². The van der Waals surface area contributed by atoms with Crippen LogP contribution in [0.25, 0.3) is 11.1 Å². The van der Waals surface area contributed by atoms with Crippen molar-refractivity contribution in [3.63, 3.8) is 0 Å². The molecule has 3 nitrogen and oxygen atoms in total. The Labute approximate surface area is 272 Å². The van der Waals surface area contributed by atoms with E-state index in [1.807, 2.05) is 6.92 Å². The van der Waals surface area contributed by atoms with Crippen molar-refractivity contribution >= 4 is 5.97 Å². The lowest BCUT2D eigenvalue weighted by Gasteiger charge is -2.27. The van der Waals surface area contributed by atoms with Crippen LogP contribution < -0.4 is 9.47 Å². The van der Waals surface area contributed by atoms with E-state index in [1.54, 1.807) is 0 Å². The summed E-state index contributed by atoms with van der Waals surface area (Å²) in [7, 11) is 0. The van der Waals surface area contributed by atoms with Gasteiger partial charge in [-0.25, -0.2) is 17.6 Å². The van der Waals surface area contributed by atoms with Crippen LogP contribution in [0.5, 0.6) is 11.5 Å². The Morgan fingerprint density at radius 1 is 0.532 bits per heavy atom. The van der Waals surface area contributed by atoms with Gasteiger partial charge in [0, 0.05) is 0 Å². The van der Waals surface area contributed by atoms with Crippen molar-refractivity contribution in [1.82, 2.24) is 0 Å². The molecule has 0 aromatic heterocycles. The summed E-state index contributed by atoms with van der Waals surface area (Å²) in [5.41, 5.74) is -4.03. The highest BCUT2D eigenvalue weighted by atomic mass is 19.2. The van der Waals surface area contributed by atoms with E-state index in [1.165, 1.54) is 32.1 Å². The molecule has 0 heterocycles. The van der Waals surface area contributed by atoms with Crippen LogP contribution in [0.3, 0.4) is 0 Å². The minimum absolute atomic E-state index is 0.301. The molecule has 0 saturated heterocycles. The molecule has 0 unspecified atom stereocenters. The minimum Gasteiger partial charge on any atom is -0.487 e. The molecule has 0 N–H and O–H groups in total. The minimum atomic E-state index is -2.39. The first-order valence-electron chi connectivity index (χ1n) is 17.1. The molecule has 0 aliphatic heterocycles. The number of benzene rings is 2. The van der Waals surface area contributed by atoms with Crippen molar-refractivity contribution in [3.05, 3.63) is 46.5 Å². The van der Waals surface area contributed by atoms with Crippen LogP contribution in [0.4, 0.5) is 35.1 Å². The molecule has 0 bridgehead atoms. The van der Waals surface area contributed by atoms with Crippen molar-refractivity contribution in [1.29, 1.82) is 0 Å². The van der Waals surface area contributed by atoms with Crippen LogP contribution in [0, 0.1) is 58.4 Å². The number of rotatable bonds is 19. The summed E-state index contributed by atoms with van der Waals surface area (Å²) in [6.45, 7) is 3.89. The number of hydrogen-bond donors (Lipinski definition) is 0. The zero-order chi connectivity index (χ0) is 34.5. The van der Waals surface area contributed by atoms with Gasteiger partial charge in [-0.1, -0.05) is 97.3 Å². The number of carbonyl (C=O) groups is 1. The zero-order valence-electron chi connectivity index (χ0n) is 27.3. The summed E-state index contributed by atoms with van der Waals surface area (Å²) in [5, 5.41) is 0. The maximum absolute atomic E-state index is 15.1. The predicted octanol–water partition coefficient (Wildman–Crippen LogP) is 12.1. The largest absolute Gasteiger partial charge is 0.487 e. The first kappa shape index (κ1) is 38.6. The lowest BCUT2D eigenvalue weighted by Crippen LogP contribution is -2.26. The molecule has 11 heteroatoms. The highest BCUT2D eigenvalue weighted by Gasteiger charge is 2.37. The Bertz CT molecular complexity index is 1270. The van der Waals surface area contributed by atoms with E-state index < -0.39 is 81.1 Å². The van der Waals surface area contributed by atoms with E-state index in [0.717, 1.165) is 44.9 Å². The molecular formula is C36H46F8O3. The highest BCUT2D eigenvalue weighted by Crippen LogP contribution is 2.42. The van der Waals surface area contributed by atoms with Crippen molar-refractivity contribution in [2.75, 3.05) is 6.61 Å². The van der Waals surface area contributed by atoms with Gasteiger partial charge in [0.2, 0.25) is 29.0 Å². The molecule has 0 amide bonds. The SMILES string of the molecule is CCCCCCCCCC1CCC(C(=O)Oc2c(F)c(F)c(-c3c(F)c(F)c(OCCCCCCCC)c(F)c3F)c(F)c2F)CC1. The maximum Gasteiger partial charge on any atom is 0.314 e. The summed E-state index contributed by atoms with van der Waals surface area (Å²) in [4.78, 5) is 12.7. The number of esters is 1. The van der Waals surface area contributed by atoms with Gasteiger partial charge < -0.3 is 9.47 Å². The molecule has 1 fully saturated rings. The van der Waals surface area contributed by atoms with Crippen molar-refractivity contribution in [2.45, 2.75) is 129 Å². The molecule has 1 saturated carbocycles. The van der Waals surface area contributed by atoms with Crippen LogP contribution in [0.2, 0.25) is 0 Å². The summed E-state index contributed by atoms with van der Waals surface area (Å²) >= 11 is 0. The third kappa shape index (κ3) is 10.1. The number of ether oxygens (including phenoxy) is 2. The molecule has 0 spiro atoms. The van der Waals surface area contributed by atoms with E-state index in [9.17, 15) is 31.1 Å². The Morgan fingerprint density at radius 3 is 1.40 bits per heavy atom. The molecule has 1 aliphatic carbocycles. The summed E-state index contributed by atoms with van der Waals surface area (Å²) in [5.74, 6) is -22.9. The molecule has 2 aromatic rings. The van der Waals surface area contributed by atoms with Crippen LogP contribution in [0.1, 0.15) is 129 Å². The average Bonchev–Trinajstić information content (AvgIpc) is 3.07. The molecule has 47 heavy (non-hydrogen) atoms. The normalized spacial score (nSPS) is 16.5. The summed E-state index contributed by atoms with van der Waals surface area (Å²) in [6.07, 6.45) is 16.0. The smallest absolute Gasteiger partial charge is 0.314 e. The van der Waals surface area contributed by atoms with Gasteiger partial charge in [-0.3, -0.25) is 4.79 Å². The molecule has 2 aromatic carbocycles. The van der Waals surface area contributed by atoms with E-state index >= 15 is 8.78 Å². The van der Waals surface area contributed by atoms with Gasteiger partial charge in [0.25, 0.3) is 0 Å². The Balaban J connectivity index is 1.68. The lowest BCUT2D eigenvalue weighted by atomic mass is 9.79. The standard InChI is InChI=1S/C36H46F8O3/c1-3-5-7-9-11-12-14-16-22-17-19-23(20-18-22)36(45)47-35-32(43)28(39)25(29(40)33(35)44)24-26(37)30(41)34(31(42)27(24)38)46-21-15-13-10-8-6-4-2/h22-23H,3-21H2,1-2H3. The fraction of sp³-hybridized carbons (Fsp3) is 0.639. The zero-order valence-corrected chi connectivity index (χ0v) is 27.3. The van der Waals surface area contributed by atoms with E-state index in [0.29, 0.717) is 44.4 Å². The Kier molecular flexibility index (Phi) is 15.8. The van der Waals surface area contributed by atoms with Crippen LogP contribution in [-0.4, -0.2) is 12.6 Å². The fourth-order valence-corrected chi connectivity index (χ4v) is 6.20. The number of halogens is 8. The molecule has 264 valence electrons. The molecule has 0 radical (unpaired) electrons. The van der Waals surface area contributed by atoms with E-state index in [2.05, 4.69) is 6.92 Å². The molecular weight excluding hydrogens is 632 g/mol. The second-order valence-electron chi connectivity index (χ2n) is 12.6. The lowest BCUT2D eigenvalue weighted by molar-refractivity contribution is -0.140. The van der Waals surface area contributed by atoms with Crippen molar-refractivity contribution in [3.8, 4) is 22.6 Å². The van der Waals surface area contributed by atoms with Gasteiger partial charge >= 0.3 is 5.97 Å². The second kappa shape index (κ2) is 19.2. The predicted molar refractivity (Wildman–Crippen MR) is 164 cm³/mol. The van der Waals surface area contributed by atoms with Crippen molar-refractivity contribution in [2.24, 2.45) is 11.8 Å². The van der Waals surface area contributed by atoms with E-state index in [4.69, 9.17) is 9.47 Å². The monoisotopic (exact) mass is 678 g/mol. The Hall–Kier alpha value is -2.85. The second-order valence-corrected chi connectivity index (χ2v) is 12.6. The van der Waals surface area contributed by atoms with Gasteiger partial charge in [0.05, 0.1) is 23.7 Å². The third-order valence-corrected chi connectivity index (χ3v) is 9.04. The van der Waals surface area contributed by atoms with Crippen LogP contribution >= 0.6 is 0 Å². The van der Waals surface area contributed by atoms with Crippen molar-refractivity contribution < 1.29 is 49.4 Å². The number of carbonyl (C=O) groups excluding carboxylic acids is 1. The van der Waals surface area contributed by atoms with Crippen LogP contribution in [0.15, 0.2) is 0 Å². The molecule has 0 atom stereocenters. The molecule has 1 aliphatic rings. The molecule has 3 rings (SSSR count). The van der Waals surface area contributed by atoms with Gasteiger partial charge in [0.1, 0.15) is 0 Å². The summed E-state index contributed by atoms with van der Waals surface area (Å²) in [6, 6.07) is 0. The summed E-state index contributed by atoms with van der Waals surface area (Å²) < 4.78 is 129. The number of unbranched alkanes of at least 4 members (excludes halogenated alkanes) is 11. The van der Waals surface area contributed by atoms with Gasteiger partial charge in [-0.05, 0) is 38.0 Å². The van der Waals surface area contributed by atoms with Gasteiger partial charge in [-0.2, -0.15) is 17.6 Å². The first-order valence-corrected chi connectivity index (χ1v) is 17.1. The number of hydrogen-bond acceptors (Lipinski definition) is 3. The maximum atomic E-state index is 15.1. The highest BCUT2D eigenvalue weighted by molar-refractivity contribution is 5.76. The Morgan fingerprint density at radius 2 is 0.936 bits per heavy atom. The first-order chi connectivity index (χ1) is 22.5. The van der Waals surface area contributed by atoms with Gasteiger partial charge in [-0.15, -0.1) is 0 Å². The third-order valence-electron chi connectivity index (χ3n) is 9.04.